The number of carbonyl (C=O) groups is 1. The highest BCUT2D eigenvalue weighted by atomic mass is 19.1. The Balaban J connectivity index is 2.87. The van der Waals surface area contributed by atoms with E-state index in [9.17, 15) is 9.18 Å². The summed E-state index contributed by atoms with van der Waals surface area (Å²) in [4.78, 5) is 14.1. The van der Waals surface area contributed by atoms with E-state index in [2.05, 4.69) is 24.1 Å². The molecule has 21 heavy (non-hydrogen) atoms. The van der Waals surface area contributed by atoms with Crippen LogP contribution in [0.5, 0.6) is 0 Å². The van der Waals surface area contributed by atoms with Crippen LogP contribution in [0.1, 0.15) is 31.9 Å². The molecule has 3 N–H and O–H groups in total. The normalized spacial score (nSPS) is 14.2. The summed E-state index contributed by atoms with van der Waals surface area (Å²) >= 11 is 0. The molecule has 0 aliphatic heterocycles. The van der Waals surface area contributed by atoms with Gasteiger partial charge in [-0.3, -0.25) is 10.1 Å². The lowest BCUT2D eigenvalue weighted by atomic mass is 9.90. The Bertz CT molecular complexity index is 488. The Kier molecular flexibility index (Phi) is 6.30. The fraction of sp³-hybridized carbons (Fsp3) is 0.562. The number of nitrogens with one attached hydrogen (secondary N) is 1. The second-order valence-corrected chi connectivity index (χ2v) is 5.41. The van der Waals surface area contributed by atoms with Crippen LogP contribution in [0.2, 0.25) is 0 Å². The molecule has 118 valence electrons. The van der Waals surface area contributed by atoms with Gasteiger partial charge in [-0.15, -0.1) is 0 Å². The third-order valence-corrected chi connectivity index (χ3v) is 4.04. The van der Waals surface area contributed by atoms with Crippen LogP contribution >= 0.6 is 0 Å². The van der Waals surface area contributed by atoms with Crippen molar-refractivity contribution in [2.24, 2.45) is 5.73 Å². The molecule has 1 amide bonds. The first kappa shape index (κ1) is 17.6. The van der Waals surface area contributed by atoms with Crippen molar-refractivity contribution in [3.05, 3.63) is 35.1 Å². The van der Waals surface area contributed by atoms with E-state index in [0.29, 0.717) is 17.7 Å². The van der Waals surface area contributed by atoms with Gasteiger partial charge in [0.15, 0.2) is 0 Å². The topological polar surface area (TPSA) is 58.4 Å². The lowest BCUT2D eigenvalue weighted by Gasteiger charge is -2.30. The molecule has 0 saturated carbocycles. The average Bonchev–Trinajstić information content (AvgIpc) is 2.46. The maximum atomic E-state index is 13.7. The molecular formula is C16H26FN3O. The van der Waals surface area contributed by atoms with Crippen molar-refractivity contribution in [3.8, 4) is 0 Å². The van der Waals surface area contributed by atoms with Gasteiger partial charge in [0.2, 0.25) is 5.91 Å². The second kappa shape index (κ2) is 7.52. The smallest absolute Gasteiger partial charge is 0.242 e. The predicted octanol–water partition coefficient (Wildman–Crippen LogP) is 1.77. The van der Waals surface area contributed by atoms with Crippen LogP contribution in [0.3, 0.4) is 0 Å². The molecule has 0 aliphatic rings. The Morgan fingerprint density at radius 1 is 1.38 bits per heavy atom. The van der Waals surface area contributed by atoms with Gasteiger partial charge in [0, 0.05) is 13.1 Å². The number of nitrogens with two attached hydrogens (primary N) is 1. The number of benzene rings is 1. The fourth-order valence-electron chi connectivity index (χ4n) is 2.24. The van der Waals surface area contributed by atoms with Crippen LogP contribution in [0.25, 0.3) is 0 Å². The van der Waals surface area contributed by atoms with E-state index in [1.54, 1.807) is 26.0 Å². The fourth-order valence-corrected chi connectivity index (χ4v) is 2.24. The van der Waals surface area contributed by atoms with Crippen molar-refractivity contribution in [1.29, 1.82) is 0 Å². The molecule has 4 nitrogen and oxygen atoms in total. The van der Waals surface area contributed by atoms with Crippen molar-refractivity contribution in [2.45, 2.75) is 33.2 Å². The van der Waals surface area contributed by atoms with Crippen molar-refractivity contribution in [1.82, 2.24) is 10.2 Å². The van der Waals surface area contributed by atoms with Gasteiger partial charge in [0.1, 0.15) is 11.4 Å². The van der Waals surface area contributed by atoms with E-state index >= 15 is 0 Å². The quantitative estimate of drug-likeness (QED) is 0.768. The van der Waals surface area contributed by atoms with Crippen LogP contribution in [-0.2, 0) is 10.3 Å². The first-order chi connectivity index (χ1) is 9.85. The Labute approximate surface area is 126 Å². The highest BCUT2D eigenvalue weighted by Gasteiger charge is 2.33. The van der Waals surface area contributed by atoms with Gasteiger partial charge in [0.05, 0.1) is 0 Å². The molecule has 1 aromatic rings. The third-order valence-electron chi connectivity index (χ3n) is 4.04. The summed E-state index contributed by atoms with van der Waals surface area (Å²) in [6, 6.07) is 4.79. The van der Waals surface area contributed by atoms with E-state index < -0.39 is 11.4 Å². The molecule has 1 atom stereocenters. The number of aryl methyl sites for hydroxylation is 1. The van der Waals surface area contributed by atoms with Crippen molar-refractivity contribution < 1.29 is 9.18 Å². The van der Waals surface area contributed by atoms with Crippen LogP contribution in [-0.4, -0.2) is 37.0 Å². The minimum atomic E-state index is -1.07. The van der Waals surface area contributed by atoms with Crippen LogP contribution < -0.4 is 11.1 Å². The van der Waals surface area contributed by atoms with Gasteiger partial charge < -0.3 is 10.6 Å². The van der Waals surface area contributed by atoms with Crippen molar-refractivity contribution in [2.75, 3.05) is 26.2 Å². The number of hydrogen-bond donors (Lipinski definition) is 2. The van der Waals surface area contributed by atoms with Crippen molar-refractivity contribution >= 4 is 5.91 Å². The molecule has 0 aliphatic carbocycles. The molecule has 0 heterocycles. The van der Waals surface area contributed by atoms with Crippen molar-refractivity contribution in [3.63, 3.8) is 0 Å². The lowest BCUT2D eigenvalue weighted by Crippen LogP contribution is -2.52. The molecule has 0 saturated heterocycles. The Morgan fingerprint density at radius 3 is 2.48 bits per heavy atom. The van der Waals surface area contributed by atoms with Crippen LogP contribution in [0, 0.1) is 12.7 Å². The largest absolute Gasteiger partial charge is 0.368 e. The highest BCUT2D eigenvalue weighted by molar-refractivity contribution is 5.85. The highest BCUT2D eigenvalue weighted by Crippen LogP contribution is 2.22. The van der Waals surface area contributed by atoms with E-state index in [1.165, 1.54) is 6.07 Å². The maximum absolute atomic E-state index is 13.7. The summed E-state index contributed by atoms with van der Waals surface area (Å²) in [6.07, 6.45) is 0. The first-order valence-corrected chi connectivity index (χ1v) is 7.39. The molecule has 0 fully saturated rings. The number of likely N-dealkylation sites (N-methyl/N-ethyl adjacent to an activating group) is 1. The van der Waals surface area contributed by atoms with Gasteiger partial charge in [-0.25, -0.2) is 4.39 Å². The summed E-state index contributed by atoms with van der Waals surface area (Å²) in [5, 5.41) is 3.17. The average molecular weight is 295 g/mol. The molecule has 5 heteroatoms. The molecule has 1 rings (SSSR count). The molecule has 0 bridgehead atoms. The van der Waals surface area contributed by atoms with E-state index in [0.717, 1.165) is 19.6 Å². The summed E-state index contributed by atoms with van der Waals surface area (Å²) < 4.78 is 13.7. The molecule has 0 radical (unpaired) electrons. The zero-order valence-corrected chi connectivity index (χ0v) is 13.4. The van der Waals surface area contributed by atoms with Crippen LogP contribution in [0.15, 0.2) is 18.2 Å². The SMILES string of the molecule is CCN(CC)CCNC(C)(C(N)=O)c1ccc(C)c(F)c1. The maximum Gasteiger partial charge on any atom is 0.242 e. The Morgan fingerprint density at radius 2 is 2.00 bits per heavy atom. The first-order valence-electron chi connectivity index (χ1n) is 7.39. The number of nitrogens with zero attached hydrogens (tertiary/aromatic N) is 1. The van der Waals surface area contributed by atoms with E-state index in [1.807, 2.05) is 0 Å². The summed E-state index contributed by atoms with van der Waals surface area (Å²) in [5.41, 5.74) is 5.57. The molecule has 0 aromatic heterocycles. The lowest BCUT2D eigenvalue weighted by molar-refractivity contribution is -0.124. The van der Waals surface area contributed by atoms with Gasteiger partial charge in [-0.05, 0) is 44.1 Å². The Hall–Kier alpha value is -1.46. The van der Waals surface area contributed by atoms with E-state index in [4.69, 9.17) is 5.73 Å². The number of amides is 1. The molecule has 0 spiro atoms. The number of carbonyl (C=O) groups excluding carboxylic acids is 1. The minimum absolute atomic E-state index is 0.328. The number of rotatable bonds is 8. The van der Waals surface area contributed by atoms with Gasteiger partial charge in [-0.2, -0.15) is 0 Å². The molecule has 1 unspecified atom stereocenters. The summed E-state index contributed by atoms with van der Waals surface area (Å²) in [7, 11) is 0. The third kappa shape index (κ3) is 4.25. The van der Waals surface area contributed by atoms with Gasteiger partial charge in [0.25, 0.3) is 0 Å². The zero-order chi connectivity index (χ0) is 16.0. The van der Waals surface area contributed by atoms with Gasteiger partial charge in [-0.1, -0.05) is 26.0 Å². The molecule has 1 aromatic carbocycles. The summed E-state index contributed by atoms with van der Waals surface area (Å²) in [5.74, 6) is -0.837. The molecular weight excluding hydrogens is 269 g/mol. The van der Waals surface area contributed by atoms with Crippen LogP contribution in [0.4, 0.5) is 4.39 Å². The number of primary amides is 1. The number of hydrogen-bond acceptors (Lipinski definition) is 3. The minimum Gasteiger partial charge on any atom is -0.368 e. The second-order valence-electron chi connectivity index (χ2n) is 5.41. The number of halogens is 1. The van der Waals surface area contributed by atoms with E-state index in [-0.39, 0.29) is 5.82 Å². The predicted molar refractivity (Wildman–Crippen MR) is 83.5 cm³/mol. The van der Waals surface area contributed by atoms with Gasteiger partial charge >= 0.3 is 0 Å². The standard InChI is InChI=1S/C16H26FN3O/c1-5-20(6-2)10-9-19-16(4,15(18)21)13-8-7-12(3)14(17)11-13/h7-8,11,19H,5-6,9-10H2,1-4H3,(H2,18,21). The monoisotopic (exact) mass is 295 g/mol. The summed E-state index contributed by atoms with van der Waals surface area (Å²) in [6.45, 7) is 10.9. The zero-order valence-electron chi connectivity index (χ0n) is 13.4.